The van der Waals surface area contributed by atoms with Crippen molar-refractivity contribution in [3.05, 3.63) is 52.7 Å². The van der Waals surface area contributed by atoms with Crippen molar-refractivity contribution >= 4 is 28.8 Å². The van der Waals surface area contributed by atoms with Crippen LogP contribution in [0.5, 0.6) is 0 Å². The highest BCUT2D eigenvalue weighted by Gasteiger charge is 2.59. The first kappa shape index (κ1) is 16.3. The number of carbonyl (C=O) groups is 2. The Labute approximate surface area is 150 Å². The largest absolute Gasteiger partial charge is 0.280 e. The summed E-state index contributed by atoms with van der Waals surface area (Å²) in [5, 5.41) is 3.73. The van der Waals surface area contributed by atoms with Crippen LogP contribution >= 0.6 is 11.3 Å². The number of anilines is 1. The molecule has 3 atom stereocenters. The number of carbonyl (C=O) groups excluding carboxylic acids is 2. The van der Waals surface area contributed by atoms with Gasteiger partial charge in [0, 0.05) is 11.4 Å². The second kappa shape index (κ2) is 6.61. The molecule has 2 aliphatic rings. The van der Waals surface area contributed by atoms with Crippen LogP contribution in [0.3, 0.4) is 0 Å². The first-order valence-electron chi connectivity index (χ1n) is 8.62. The zero-order valence-electron chi connectivity index (χ0n) is 14.0. The topological polar surface area (TPSA) is 49.9 Å². The Bertz CT molecular complexity index is 762. The van der Waals surface area contributed by atoms with Gasteiger partial charge in [0.2, 0.25) is 5.91 Å². The van der Waals surface area contributed by atoms with Gasteiger partial charge in [-0.05, 0) is 30.0 Å². The second-order valence-corrected chi connectivity index (χ2v) is 7.33. The second-order valence-electron chi connectivity index (χ2n) is 6.36. The minimum Gasteiger partial charge on any atom is -0.280 e. The highest BCUT2D eigenvalue weighted by Crippen LogP contribution is 2.47. The summed E-state index contributed by atoms with van der Waals surface area (Å²) >= 11 is 1.59. The van der Waals surface area contributed by atoms with Gasteiger partial charge in [-0.1, -0.05) is 37.6 Å². The molecule has 2 saturated heterocycles. The lowest BCUT2D eigenvalue weighted by molar-refractivity contribution is -0.143. The lowest BCUT2D eigenvalue weighted by Gasteiger charge is -2.27. The van der Waals surface area contributed by atoms with Crippen molar-refractivity contribution in [1.82, 2.24) is 4.90 Å². The van der Waals surface area contributed by atoms with Crippen molar-refractivity contribution in [2.75, 3.05) is 11.6 Å². The van der Waals surface area contributed by atoms with Gasteiger partial charge in [-0.2, -0.15) is 0 Å². The fraction of sp³-hybridized carbons (Fsp3) is 0.368. The summed E-state index contributed by atoms with van der Waals surface area (Å²) in [6, 6.07) is 13.4. The van der Waals surface area contributed by atoms with E-state index < -0.39 is 12.0 Å². The molecule has 0 aliphatic carbocycles. The van der Waals surface area contributed by atoms with E-state index >= 15 is 0 Å². The van der Waals surface area contributed by atoms with Crippen LogP contribution in [0.25, 0.3) is 0 Å². The van der Waals surface area contributed by atoms with Crippen LogP contribution in [0.4, 0.5) is 5.69 Å². The first-order chi connectivity index (χ1) is 12.2. The van der Waals surface area contributed by atoms with Gasteiger partial charge in [-0.15, -0.1) is 11.3 Å². The van der Waals surface area contributed by atoms with Gasteiger partial charge < -0.3 is 0 Å². The summed E-state index contributed by atoms with van der Waals surface area (Å²) in [5.41, 5.74) is 0.857. The zero-order valence-corrected chi connectivity index (χ0v) is 14.8. The Morgan fingerprint density at radius 1 is 1.08 bits per heavy atom. The molecule has 0 saturated carbocycles. The molecule has 3 heterocycles. The quantitative estimate of drug-likeness (QED) is 0.771. The number of amides is 2. The lowest BCUT2D eigenvalue weighted by atomic mass is 9.95. The summed E-state index contributed by atoms with van der Waals surface area (Å²) in [7, 11) is 0. The molecule has 2 aliphatic heterocycles. The highest BCUT2D eigenvalue weighted by atomic mass is 32.1. The summed E-state index contributed by atoms with van der Waals surface area (Å²) in [6.45, 7) is 2.53. The van der Waals surface area contributed by atoms with Crippen molar-refractivity contribution in [3.8, 4) is 0 Å². The van der Waals surface area contributed by atoms with Crippen LogP contribution in [0, 0.1) is 5.92 Å². The molecule has 4 rings (SSSR count). The number of imide groups is 1. The number of hydroxylamine groups is 1. The lowest BCUT2D eigenvalue weighted by Crippen LogP contribution is -2.37. The molecular formula is C19H20N2O3S. The summed E-state index contributed by atoms with van der Waals surface area (Å²) in [5.74, 6) is -0.799. The van der Waals surface area contributed by atoms with E-state index in [-0.39, 0.29) is 17.9 Å². The van der Waals surface area contributed by atoms with Gasteiger partial charge in [0.15, 0.2) is 6.10 Å². The predicted octanol–water partition coefficient (Wildman–Crippen LogP) is 3.39. The Morgan fingerprint density at radius 3 is 2.56 bits per heavy atom. The van der Waals surface area contributed by atoms with Crippen LogP contribution in [0.2, 0.25) is 0 Å². The van der Waals surface area contributed by atoms with Gasteiger partial charge >= 0.3 is 0 Å². The molecule has 0 spiro atoms. The normalized spacial score (nSPS) is 25.7. The number of fused-ring (bicyclic) bond motifs is 1. The third-order valence-corrected chi connectivity index (χ3v) is 5.73. The van der Waals surface area contributed by atoms with Gasteiger partial charge in [-0.3, -0.25) is 19.3 Å². The average Bonchev–Trinajstić information content (AvgIpc) is 3.33. The van der Waals surface area contributed by atoms with Crippen LogP contribution in [-0.4, -0.2) is 29.4 Å². The fourth-order valence-corrected chi connectivity index (χ4v) is 4.41. The number of nitrogens with zero attached hydrogens (tertiary/aromatic N) is 2. The third kappa shape index (κ3) is 2.65. The molecule has 25 heavy (non-hydrogen) atoms. The molecule has 2 amide bonds. The number of para-hydroxylation sites is 1. The Morgan fingerprint density at radius 2 is 1.88 bits per heavy atom. The smallest absolute Gasteiger partial charge is 0.261 e. The van der Waals surface area contributed by atoms with Crippen molar-refractivity contribution in [3.63, 3.8) is 0 Å². The third-order valence-electron chi connectivity index (χ3n) is 4.79. The Kier molecular flexibility index (Phi) is 4.31. The van der Waals surface area contributed by atoms with Gasteiger partial charge in [0.1, 0.15) is 12.0 Å². The van der Waals surface area contributed by atoms with Crippen LogP contribution in [0.15, 0.2) is 47.8 Å². The van der Waals surface area contributed by atoms with Crippen LogP contribution in [-0.2, 0) is 14.4 Å². The minimum atomic E-state index is -0.725. The maximum absolute atomic E-state index is 13.0. The van der Waals surface area contributed by atoms with Crippen molar-refractivity contribution in [2.45, 2.75) is 31.9 Å². The SMILES string of the molecule is CCCCN1C(=O)[C@H]2[C@H](ON(c3ccccc3)[C@H]2c2cccs2)C1=O. The minimum absolute atomic E-state index is 0.111. The standard InChI is InChI=1S/C19H20N2O3S/c1-2-3-11-20-18(22)15-16(14-10-7-12-25-14)21(24-17(15)19(20)23)13-8-5-4-6-9-13/h4-10,12,15-17H,2-3,11H2,1H3/t15-,16+,17+/m1/s1. The van der Waals surface area contributed by atoms with Crippen LogP contribution < -0.4 is 5.06 Å². The molecule has 2 aromatic rings. The number of likely N-dealkylation sites (tertiary alicyclic amines) is 1. The van der Waals surface area contributed by atoms with Gasteiger partial charge in [0.05, 0.1) is 5.69 Å². The van der Waals surface area contributed by atoms with Crippen molar-refractivity contribution < 1.29 is 14.4 Å². The summed E-state index contributed by atoms with van der Waals surface area (Å²) < 4.78 is 0. The maximum Gasteiger partial charge on any atom is 0.261 e. The van der Waals surface area contributed by atoms with E-state index in [2.05, 4.69) is 0 Å². The summed E-state index contributed by atoms with van der Waals surface area (Å²) in [6.07, 6.45) is 1.04. The average molecular weight is 356 g/mol. The molecule has 6 heteroatoms. The van der Waals surface area contributed by atoms with Crippen molar-refractivity contribution in [2.24, 2.45) is 5.92 Å². The number of hydrogen-bond donors (Lipinski definition) is 0. The van der Waals surface area contributed by atoms with Crippen LogP contribution in [0.1, 0.15) is 30.7 Å². The molecule has 130 valence electrons. The highest BCUT2D eigenvalue weighted by molar-refractivity contribution is 7.10. The van der Waals surface area contributed by atoms with E-state index in [0.717, 1.165) is 23.4 Å². The molecular weight excluding hydrogens is 336 g/mol. The Balaban J connectivity index is 1.71. The van der Waals surface area contributed by atoms with E-state index in [1.54, 1.807) is 16.4 Å². The molecule has 1 aromatic heterocycles. The van der Waals surface area contributed by atoms with Gasteiger partial charge in [0.25, 0.3) is 5.91 Å². The molecule has 0 N–H and O–H groups in total. The van der Waals surface area contributed by atoms with Crippen molar-refractivity contribution in [1.29, 1.82) is 0 Å². The Hall–Kier alpha value is -2.18. The molecule has 0 radical (unpaired) electrons. The number of rotatable bonds is 5. The number of benzene rings is 1. The van der Waals surface area contributed by atoms with E-state index in [1.807, 2.05) is 54.8 Å². The molecule has 2 fully saturated rings. The van der Waals surface area contributed by atoms with E-state index in [9.17, 15) is 9.59 Å². The van der Waals surface area contributed by atoms with Gasteiger partial charge in [-0.25, -0.2) is 5.06 Å². The molecule has 0 bridgehead atoms. The number of thiophene rings is 1. The monoisotopic (exact) mass is 356 g/mol. The van der Waals surface area contributed by atoms with E-state index in [4.69, 9.17) is 4.84 Å². The number of hydrogen-bond acceptors (Lipinski definition) is 5. The maximum atomic E-state index is 13.0. The zero-order chi connectivity index (χ0) is 17.4. The number of unbranched alkanes of at least 4 members (excludes halogenated alkanes) is 1. The predicted molar refractivity (Wildman–Crippen MR) is 96.0 cm³/mol. The van der Waals surface area contributed by atoms with E-state index in [1.165, 1.54) is 4.90 Å². The van der Waals surface area contributed by atoms with E-state index in [0.29, 0.717) is 6.54 Å². The summed E-state index contributed by atoms with van der Waals surface area (Å²) in [4.78, 5) is 34.2. The molecule has 5 nitrogen and oxygen atoms in total. The molecule has 0 unspecified atom stereocenters. The first-order valence-corrected chi connectivity index (χ1v) is 9.50. The fourth-order valence-electron chi connectivity index (χ4n) is 3.56. The molecule has 1 aromatic carbocycles.